The van der Waals surface area contributed by atoms with E-state index in [1.54, 1.807) is 0 Å². The standard InChI is InChI=1S/C16H30N2O/c1-13(2)11-18(14-7-4-5-8-14)15(19)16(3)9-6-10-17-12-16/h13-14,17H,4-12H2,1-3H3. The first-order chi connectivity index (χ1) is 9.03. The molecule has 3 heteroatoms. The number of carbonyl (C=O) groups is 1. The summed E-state index contributed by atoms with van der Waals surface area (Å²) in [7, 11) is 0. The Bertz CT molecular complexity index is 302. The normalized spacial score (nSPS) is 28.8. The van der Waals surface area contributed by atoms with E-state index in [1.165, 1.54) is 25.7 Å². The molecule has 1 aliphatic heterocycles. The van der Waals surface area contributed by atoms with Crippen molar-refractivity contribution in [2.45, 2.75) is 65.3 Å². The Morgan fingerprint density at radius 2 is 2.00 bits per heavy atom. The van der Waals surface area contributed by atoms with Crippen molar-refractivity contribution in [2.75, 3.05) is 19.6 Å². The van der Waals surface area contributed by atoms with E-state index in [1.807, 2.05) is 0 Å². The molecule has 110 valence electrons. The molecule has 1 unspecified atom stereocenters. The van der Waals surface area contributed by atoms with Crippen LogP contribution >= 0.6 is 0 Å². The molecule has 0 aromatic heterocycles. The van der Waals surface area contributed by atoms with E-state index in [4.69, 9.17) is 0 Å². The zero-order chi connectivity index (χ0) is 13.9. The molecule has 19 heavy (non-hydrogen) atoms. The summed E-state index contributed by atoms with van der Waals surface area (Å²) in [4.78, 5) is 15.3. The van der Waals surface area contributed by atoms with Crippen molar-refractivity contribution < 1.29 is 4.79 Å². The Labute approximate surface area is 118 Å². The lowest BCUT2D eigenvalue weighted by Gasteiger charge is -2.40. The summed E-state index contributed by atoms with van der Waals surface area (Å²) in [5.74, 6) is 0.963. The molecule has 1 heterocycles. The Hall–Kier alpha value is -0.570. The van der Waals surface area contributed by atoms with E-state index in [2.05, 4.69) is 31.0 Å². The Morgan fingerprint density at radius 1 is 1.32 bits per heavy atom. The van der Waals surface area contributed by atoms with Gasteiger partial charge in [-0.25, -0.2) is 0 Å². The first-order valence-electron chi connectivity index (χ1n) is 8.05. The summed E-state index contributed by atoms with van der Waals surface area (Å²) in [5.41, 5.74) is -0.171. The van der Waals surface area contributed by atoms with Gasteiger partial charge >= 0.3 is 0 Å². The van der Waals surface area contributed by atoms with Crippen LogP contribution in [0, 0.1) is 11.3 Å². The summed E-state index contributed by atoms with van der Waals surface area (Å²) in [6, 6.07) is 0.508. The molecule has 0 aromatic carbocycles. The highest BCUT2D eigenvalue weighted by molar-refractivity contribution is 5.83. The van der Waals surface area contributed by atoms with Crippen molar-refractivity contribution in [1.82, 2.24) is 10.2 Å². The van der Waals surface area contributed by atoms with Crippen LogP contribution in [-0.4, -0.2) is 36.5 Å². The zero-order valence-corrected chi connectivity index (χ0v) is 12.9. The van der Waals surface area contributed by atoms with E-state index >= 15 is 0 Å². The fraction of sp³-hybridized carbons (Fsp3) is 0.938. The molecule has 2 rings (SSSR count). The summed E-state index contributed by atoms with van der Waals surface area (Å²) >= 11 is 0. The van der Waals surface area contributed by atoms with Crippen molar-refractivity contribution in [3.63, 3.8) is 0 Å². The number of nitrogens with zero attached hydrogens (tertiary/aromatic N) is 1. The summed E-state index contributed by atoms with van der Waals surface area (Å²) < 4.78 is 0. The molecule has 2 aliphatic rings. The molecular formula is C16H30N2O. The number of carbonyl (C=O) groups excluding carboxylic acids is 1. The van der Waals surface area contributed by atoms with Crippen molar-refractivity contribution in [3.8, 4) is 0 Å². The number of amides is 1. The molecule has 0 aromatic rings. The molecule has 1 atom stereocenters. The number of piperidine rings is 1. The third kappa shape index (κ3) is 3.50. The molecule has 1 aliphatic carbocycles. The van der Waals surface area contributed by atoms with Crippen molar-refractivity contribution >= 4 is 5.91 Å². The van der Waals surface area contributed by atoms with Gasteiger partial charge in [0.15, 0.2) is 0 Å². The molecule has 1 amide bonds. The molecule has 0 bridgehead atoms. The van der Waals surface area contributed by atoms with Gasteiger partial charge in [-0.3, -0.25) is 4.79 Å². The van der Waals surface area contributed by atoms with Gasteiger partial charge in [0, 0.05) is 19.1 Å². The third-order valence-electron chi connectivity index (χ3n) is 4.70. The molecule has 1 N–H and O–H groups in total. The van der Waals surface area contributed by atoms with Crippen LogP contribution in [0.25, 0.3) is 0 Å². The maximum Gasteiger partial charge on any atom is 0.230 e. The van der Waals surface area contributed by atoms with Gasteiger partial charge in [-0.05, 0) is 45.1 Å². The lowest BCUT2D eigenvalue weighted by molar-refractivity contribution is -0.145. The van der Waals surface area contributed by atoms with Crippen molar-refractivity contribution in [3.05, 3.63) is 0 Å². The quantitative estimate of drug-likeness (QED) is 0.848. The van der Waals surface area contributed by atoms with E-state index < -0.39 is 0 Å². The van der Waals surface area contributed by atoms with E-state index in [9.17, 15) is 4.79 Å². The maximum absolute atomic E-state index is 13.0. The highest BCUT2D eigenvalue weighted by Gasteiger charge is 2.40. The summed E-state index contributed by atoms with van der Waals surface area (Å²) in [5, 5.41) is 3.41. The SMILES string of the molecule is CC(C)CN(C(=O)C1(C)CCCNC1)C1CCCC1. The monoisotopic (exact) mass is 266 g/mol. The van der Waals surface area contributed by atoms with Gasteiger partial charge in [0.2, 0.25) is 5.91 Å². The van der Waals surface area contributed by atoms with Crippen LogP contribution in [0.15, 0.2) is 0 Å². The smallest absolute Gasteiger partial charge is 0.230 e. The summed E-state index contributed by atoms with van der Waals surface area (Å²) in [6.45, 7) is 9.44. The van der Waals surface area contributed by atoms with Crippen LogP contribution < -0.4 is 5.32 Å². The molecule has 0 spiro atoms. The predicted octanol–water partition coefficient (Wildman–Crippen LogP) is 2.80. The van der Waals surface area contributed by atoms with Gasteiger partial charge in [0.05, 0.1) is 5.41 Å². The molecule has 1 saturated carbocycles. The van der Waals surface area contributed by atoms with Crippen LogP contribution in [0.2, 0.25) is 0 Å². The maximum atomic E-state index is 13.0. The van der Waals surface area contributed by atoms with Gasteiger partial charge < -0.3 is 10.2 Å². The van der Waals surface area contributed by atoms with Gasteiger partial charge in [-0.15, -0.1) is 0 Å². The second kappa shape index (κ2) is 6.25. The number of hydrogen-bond donors (Lipinski definition) is 1. The minimum atomic E-state index is -0.171. The zero-order valence-electron chi connectivity index (χ0n) is 12.9. The fourth-order valence-electron chi connectivity index (χ4n) is 3.59. The Morgan fingerprint density at radius 3 is 2.53 bits per heavy atom. The summed E-state index contributed by atoms with van der Waals surface area (Å²) in [6.07, 6.45) is 7.18. The first kappa shape index (κ1) is 14.8. The fourth-order valence-corrected chi connectivity index (χ4v) is 3.59. The topological polar surface area (TPSA) is 32.3 Å². The van der Waals surface area contributed by atoms with E-state index in [-0.39, 0.29) is 5.41 Å². The van der Waals surface area contributed by atoms with E-state index in [0.717, 1.165) is 32.5 Å². The van der Waals surface area contributed by atoms with E-state index in [0.29, 0.717) is 17.9 Å². The average molecular weight is 266 g/mol. The molecule has 2 fully saturated rings. The van der Waals surface area contributed by atoms with Gasteiger partial charge in [-0.1, -0.05) is 26.7 Å². The molecule has 0 radical (unpaired) electrons. The predicted molar refractivity (Wildman–Crippen MR) is 79.0 cm³/mol. The van der Waals surface area contributed by atoms with Crippen LogP contribution in [-0.2, 0) is 4.79 Å². The third-order valence-corrected chi connectivity index (χ3v) is 4.70. The van der Waals surface area contributed by atoms with Crippen LogP contribution in [0.3, 0.4) is 0 Å². The minimum absolute atomic E-state index is 0.171. The second-order valence-electron chi connectivity index (χ2n) is 7.13. The van der Waals surface area contributed by atoms with Crippen LogP contribution in [0.1, 0.15) is 59.3 Å². The number of hydrogen-bond acceptors (Lipinski definition) is 2. The highest BCUT2D eigenvalue weighted by Crippen LogP contribution is 2.32. The lowest BCUT2D eigenvalue weighted by atomic mass is 9.81. The van der Waals surface area contributed by atoms with Crippen molar-refractivity contribution in [2.24, 2.45) is 11.3 Å². The molecule has 1 saturated heterocycles. The number of nitrogens with one attached hydrogen (secondary N) is 1. The lowest BCUT2D eigenvalue weighted by Crippen LogP contribution is -2.53. The van der Waals surface area contributed by atoms with Crippen molar-refractivity contribution in [1.29, 1.82) is 0 Å². The van der Waals surface area contributed by atoms with Gasteiger partial charge in [0.25, 0.3) is 0 Å². The van der Waals surface area contributed by atoms with Crippen LogP contribution in [0.5, 0.6) is 0 Å². The van der Waals surface area contributed by atoms with Gasteiger partial charge in [0.1, 0.15) is 0 Å². The molecular weight excluding hydrogens is 236 g/mol. The number of rotatable bonds is 4. The van der Waals surface area contributed by atoms with Gasteiger partial charge in [-0.2, -0.15) is 0 Å². The van der Waals surface area contributed by atoms with Crippen LogP contribution in [0.4, 0.5) is 0 Å². The largest absolute Gasteiger partial charge is 0.339 e. The Kier molecular flexibility index (Phi) is 4.88. The Balaban J connectivity index is 2.09. The first-order valence-corrected chi connectivity index (χ1v) is 8.05. The second-order valence-corrected chi connectivity index (χ2v) is 7.13. The molecule has 3 nitrogen and oxygen atoms in total. The highest BCUT2D eigenvalue weighted by atomic mass is 16.2. The minimum Gasteiger partial charge on any atom is -0.339 e. The average Bonchev–Trinajstić information content (AvgIpc) is 2.89.